The van der Waals surface area contributed by atoms with Gasteiger partial charge in [-0.05, 0) is 43.2 Å². The molecular weight excluding hydrogens is 342 g/mol. The maximum atomic E-state index is 12.2. The highest BCUT2D eigenvalue weighted by Crippen LogP contribution is 2.23. The van der Waals surface area contributed by atoms with E-state index in [0.29, 0.717) is 25.9 Å². The SMILES string of the molecule is COc1cc(CCC(=O)NCCn2c(C)nc3ccccc32)cc(OC)c1. The second-order valence-electron chi connectivity index (χ2n) is 6.37. The first-order valence-electron chi connectivity index (χ1n) is 9.01. The second kappa shape index (κ2) is 8.58. The van der Waals surface area contributed by atoms with Gasteiger partial charge in [0.15, 0.2) is 0 Å². The van der Waals surface area contributed by atoms with Crippen molar-refractivity contribution in [3.8, 4) is 11.5 Å². The van der Waals surface area contributed by atoms with Crippen LogP contribution in [0.5, 0.6) is 11.5 Å². The Morgan fingerprint density at radius 3 is 2.52 bits per heavy atom. The van der Waals surface area contributed by atoms with E-state index in [1.165, 1.54) is 0 Å². The van der Waals surface area contributed by atoms with Crippen molar-refractivity contribution < 1.29 is 14.3 Å². The van der Waals surface area contributed by atoms with Crippen molar-refractivity contribution in [1.29, 1.82) is 0 Å². The largest absolute Gasteiger partial charge is 0.497 e. The van der Waals surface area contributed by atoms with E-state index >= 15 is 0 Å². The maximum absolute atomic E-state index is 12.2. The predicted molar refractivity (Wildman–Crippen MR) is 105 cm³/mol. The molecule has 0 fully saturated rings. The number of methoxy groups -OCH3 is 2. The molecule has 0 spiro atoms. The van der Waals surface area contributed by atoms with Crippen molar-refractivity contribution in [2.75, 3.05) is 20.8 Å². The Hall–Kier alpha value is -3.02. The number of carbonyl (C=O) groups is 1. The molecule has 27 heavy (non-hydrogen) atoms. The molecule has 0 saturated heterocycles. The molecule has 6 heteroatoms. The molecule has 2 aromatic carbocycles. The van der Waals surface area contributed by atoms with Gasteiger partial charge in [0.05, 0.1) is 25.3 Å². The van der Waals surface area contributed by atoms with Crippen LogP contribution in [0, 0.1) is 6.92 Å². The fourth-order valence-electron chi connectivity index (χ4n) is 3.14. The van der Waals surface area contributed by atoms with Crippen molar-refractivity contribution in [3.05, 3.63) is 53.9 Å². The minimum atomic E-state index is 0.0267. The summed E-state index contributed by atoms with van der Waals surface area (Å²) in [7, 11) is 3.24. The number of hydrogen-bond acceptors (Lipinski definition) is 4. The molecule has 0 radical (unpaired) electrons. The Bertz CT molecular complexity index is 911. The second-order valence-corrected chi connectivity index (χ2v) is 6.37. The van der Waals surface area contributed by atoms with Crippen LogP contribution in [0.1, 0.15) is 17.8 Å². The lowest BCUT2D eigenvalue weighted by Crippen LogP contribution is -2.27. The first-order valence-corrected chi connectivity index (χ1v) is 9.01. The fraction of sp³-hybridized carbons (Fsp3) is 0.333. The first-order chi connectivity index (χ1) is 13.1. The summed E-state index contributed by atoms with van der Waals surface area (Å²) in [6, 6.07) is 13.7. The van der Waals surface area contributed by atoms with Crippen LogP contribution < -0.4 is 14.8 Å². The summed E-state index contributed by atoms with van der Waals surface area (Å²) in [4.78, 5) is 16.7. The van der Waals surface area contributed by atoms with Crippen LogP contribution in [0.3, 0.4) is 0 Å². The van der Waals surface area contributed by atoms with Gasteiger partial charge in [-0.25, -0.2) is 4.98 Å². The van der Waals surface area contributed by atoms with E-state index in [-0.39, 0.29) is 5.91 Å². The molecular formula is C21H25N3O3. The Morgan fingerprint density at radius 1 is 1.11 bits per heavy atom. The molecule has 0 saturated carbocycles. The van der Waals surface area contributed by atoms with Crippen LogP contribution in [0.25, 0.3) is 11.0 Å². The number of carbonyl (C=O) groups excluding carboxylic acids is 1. The van der Waals surface area contributed by atoms with E-state index < -0.39 is 0 Å². The van der Waals surface area contributed by atoms with Gasteiger partial charge in [0.1, 0.15) is 17.3 Å². The zero-order valence-electron chi connectivity index (χ0n) is 16.0. The molecule has 0 bridgehead atoms. The minimum Gasteiger partial charge on any atom is -0.497 e. The van der Waals surface area contributed by atoms with Gasteiger partial charge in [-0.3, -0.25) is 4.79 Å². The normalized spacial score (nSPS) is 10.8. The third-order valence-corrected chi connectivity index (χ3v) is 4.55. The van der Waals surface area contributed by atoms with Crippen LogP contribution in [-0.2, 0) is 17.8 Å². The molecule has 3 aromatic rings. The number of aromatic nitrogens is 2. The molecule has 6 nitrogen and oxygen atoms in total. The Kier molecular flexibility index (Phi) is 5.96. The highest BCUT2D eigenvalue weighted by Gasteiger charge is 2.08. The van der Waals surface area contributed by atoms with Crippen molar-refractivity contribution >= 4 is 16.9 Å². The molecule has 1 aromatic heterocycles. The van der Waals surface area contributed by atoms with Crippen molar-refractivity contribution in [2.24, 2.45) is 0 Å². The average Bonchev–Trinajstić information content (AvgIpc) is 3.01. The third kappa shape index (κ3) is 4.58. The van der Waals surface area contributed by atoms with Gasteiger partial charge in [-0.15, -0.1) is 0 Å². The number of fused-ring (bicyclic) bond motifs is 1. The van der Waals surface area contributed by atoms with Gasteiger partial charge >= 0.3 is 0 Å². The summed E-state index contributed by atoms with van der Waals surface area (Å²) >= 11 is 0. The standard InChI is InChI=1S/C21H25N3O3/c1-15-23-19-6-4-5-7-20(19)24(15)11-10-22-21(25)9-8-16-12-17(26-2)14-18(13-16)27-3/h4-7,12-14H,8-11H2,1-3H3,(H,22,25). The van der Waals surface area contributed by atoms with Gasteiger partial charge < -0.3 is 19.4 Å². The number of aryl methyl sites for hydroxylation is 2. The summed E-state index contributed by atoms with van der Waals surface area (Å²) in [5.41, 5.74) is 3.08. The number of imidazole rings is 1. The lowest BCUT2D eigenvalue weighted by molar-refractivity contribution is -0.121. The van der Waals surface area contributed by atoms with Crippen LogP contribution in [0.4, 0.5) is 0 Å². The minimum absolute atomic E-state index is 0.0267. The van der Waals surface area contributed by atoms with E-state index in [1.54, 1.807) is 14.2 Å². The molecule has 1 amide bonds. The average molecular weight is 367 g/mol. The van der Waals surface area contributed by atoms with E-state index in [9.17, 15) is 4.79 Å². The van der Waals surface area contributed by atoms with E-state index in [1.807, 2.05) is 49.4 Å². The van der Waals surface area contributed by atoms with Gasteiger partial charge in [0, 0.05) is 25.6 Å². The molecule has 0 unspecified atom stereocenters. The lowest BCUT2D eigenvalue weighted by atomic mass is 10.1. The quantitative estimate of drug-likeness (QED) is 0.664. The Morgan fingerprint density at radius 2 is 1.81 bits per heavy atom. The van der Waals surface area contributed by atoms with E-state index in [0.717, 1.165) is 33.9 Å². The van der Waals surface area contributed by atoms with Gasteiger partial charge in [-0.1, -0.05) is 12.1 Å². The Labute approximate surface area is 159 Å². The summed E-state index contributed by atoms with van der Waals surface area (Å²) in [5, 5.41) is 2.99. The number of ether oxygens (including phenoxy) is 2. The Balaban J connectivity index is 1.52. The number of nitrogens with zero attached hydrogens (tertiary/aromatic N) is 2. The summed E-state index contributed by atoms with van der Waals surface area (Å²) in [6.45, 7) is 3.25. The predicted octanol–water partition coefficient (Wildman–Crippen LogP) is 3.11. The first kappa shape index (κ1) is 18.8. The summed E-state index contributed by atoms with van der Waals surface area (Å²) < 4.78 is 12.7. The van der Waals surface area contributed by atoms with Crippen molar-refractivity contribution in [2.45, 2.75) is 26.3 Å². The number of rotatable bonds is 8. The highest BCUT2D eigenvalue weighted by molar-refractivity contribution is 5.77. The van der Waals surface area contributed by atoms with Crippen LogP contribution >= 0.6 is 0 Å². The molecule has 1 heterocycles. The monoisotopic (exact) mass is 367 g/mol. The third-order valence-electron chi connectivity index (χ3n) is 4.55. The molecule has 3 rings (SSSR count). The van der Waals surface area contributed by atoms with E-state index in [2.05, 4.69) is 14.9 Å². The number of amides is 1. The van der Waals surface area contributed by atoms with Gasteiger partial charge in [0.25, 0.3) is 0 Å². The smallest absolute Gasteiger partial charge is 0.220 e. The highest BCUT2D eigenvalue weighted by atomic mass is 16.5. The van der Waals surface area contributed by atoms with Crippen LogP contribution in [0.2, 0.25) is 0 Å². The number of nitrogens with one attached hydrogen (secondary N) is 1. The molecule has 0 aliphatic rings. The van der Waals surface area contributed by atoms with Crippen LogP contribution in [-0.4, -0.2) is 36.2 Å². The van der Waals surface area contributed by atoms with Crippen LogP contribution in [0.15, 0.2) is 42.5 Å². The zero-order valence-corrected chi connectivity index (χ0v) is 16.0. The topological polar surface area (TPSA) is 65.4 Å². The maximum Gasteiger partial charge on any atom is 0.220 e. The molecule has 1 N–H and O–H groups in total. The molecule has 142 valence electrons. The van der Waals surface area contributed by atoms with Gasteiger partial charge in [0.2, 0.25) is 5.91 Å². The fourth-order valence-corrected chi connectivity index (χ4v) is 3.14. The van der Waals surface area contributed by atoms with E-state index in [4.69, 9.17) is 9.47 Å². The van der Waals surface area contributed by atoms with Crippen molar-refractivity contribution in [3.63, 3.8) is 0 Å². The number of benzene rings is 2. The summed E-state index contributed by atoms with van der Waals surface area (Å²) in [5.74, 6) is 2.44. The lowest BCUT2D eigenvalue weighted by Gasteiger charge is -2.10. The van der Waals surface area contributed by atoms with Gasteiger partial charge in [-0.2, -0.15) is 0 Å². The van der Waals surface area contributed by atoms with Crippen molar-refractivity contribution in [1.82, 2.24) is 14.9 Å². The number of hydrogen-bond donors (Lipinski definition) is 1. The molecule has 0 aliphatic heterocycles. The number of para-hydroxylation sites is 2. The zero-order chi connectivity index (χ0) is 19.2. The molecule has 0 aliphatic carbocycles. The molecule has 0 atom stereocenters. The summed E-state index contributed by atoms with van der Waals surface area (Å²) in [6.07, 6.45) is 1.05.